The Morgan fingerprint density at radius 1 is 1.14 bits per heavy atom. The normalized spacial score (nSPS) is 24.6. The van der Waals surface area contributed by atoms with Gasteiger partial charge in [0.05, 0.1) is 14.2 Å². The van der Waals surface area contributed by atoms with E-state index in [2.05, 4.69) is 30.9 Å². The highest BCUT2D eigenvalue weighted by atomic mass is 16.5. The zero-order chi connectivity index (χ0) is 15.4. The van der Waals surface area contributed by atoms with Crippen LogP contribution in [0.4, 0.5) is 0 Å². The number of benzene rings is 1. The number of likely N-dealkylation sites (tertiary alicyclic amines) is 1. The molecule has 0 bridgehead atoms. The second kappa shape index (κ2) is 7.14. The van der Waals surface area contributed by atoms with Crippen LogP contribution < -0.4 is 15.2 Å². The fourth-order valence-corrected chi connectivity index (χ4v) is 3.24. The maximum atomic E-state index is 6.10. The molecule has 1 heterocycles. The molecule has 21 heavy (non-hydrogen) atoms. The Labute approximate surface area is 128 Å². The van der Waals surface area contributed by atoms with Crippen LogP contribution in [0.5, 0.6) is 11.5 Å². The maximum Gasteiger partial charge on any atom is 0.122 e. The SMILES string of the molecule is COc1cc(OC)cc(C(CN)N2CC(C)CCC2C)c1. The summed E-state index contributed by atoms with van der Waals surface area (Å²) in [5.41, 5.74) is 7.28. The van der Waals surface area contributed by atoms with Crippen LogP contribution in [0.15, 0.2) is 18.2 Å². The molecule has 0 aliphatic carbocycles. The van der Waals surface area contributed by atoms with E-state index in [-0.39, 0.29) is 6.04 Å². The fraction of sp³-hybridized carbons (Fsp3) is 0.647. The predicted molar refractivity (Wildman–Crippen MR) is 85.9 cm³/mol. The summed E-state index contributed by atoms with van der Waals surface area (Å²) in [5.74, 6) is 2.36. The van der Waals surface area contributed by atoms with Gasteiger partial charge in [0.2, 0.25) is 0 Å². The first kappa shape index (κ1) is 16.1. The Kier molecular flexibility index (Phi) is 5.48. The van der Waals surface area contributed by atoms with Gasteiger partial charge in [-0.1, -0.05) is 6.92 Å². The zero-order valence-electron chi connectivity index (χ0n) is 13.6. The van der Waals surface area contributed by atoms with Crippen LogP contribution in [0.25, 0.3) is 0 Å². The van der Waals surface area contributed by atoms with Crippen molar-refractivity contribution in [2.45, 2.75) is 38.8 Å². The van der Waals surface area contributed by atoms with Gasteiger partial charge in [-0.3, -0.25) is 4.90 Å². The molecule has 2 N–H and O–H groups in total. The van der Waals surface area contributed by atoms with E-state index in [0.717, 1.165) is 24.0 Å². The lowest BCUT2D eigenvalue weighted by atomic mass is 9.91. The van der Waals surface area contributed by atoms with E-state index < -0.39 is 0 Å². The minimum Gasteiger partial charge on any atom is -0.497 e. The number of methoxy groups -OCH3 is 2. The molecule has 1 aromatic rings. The molecule has 0 amide bonds. The molecule has 0 saturated carbocycles. The molecule has 2 rings (SSSR count). The van der Waals surface area contributed by atoms with E-state index in [1.807, 2.05) is 6.07 Å². The van der Waals surface area contributed by atoms with Gasteiger partial charge in [0.15, 0.2) is 0 Å². The predicted octanol–water partition coefficient (Wildman–Crippen LogP) is 2.82. The summed E-state index contributed by atoms with van der Waals surface area (Å²) in [5, 5.41) is 0. The minimum absolute atomic E-state index is 0.215. The summed E-state index contributed by atoms with van der Waals surface area (Å²) >= 11 is 0. The van der Waals surface area contributed by atoms with Crippen molar-refractivity contribution >= 4 is 0 Å². The van der Waals surface area contributed by atoms with E-state index in [9.17, 15) is 0 Å². The van der Waals surface area contributed by atoms with Gasteiger partial charge in [0.1, 0.15) is 11.5 Å². The summed E-state index contributed by atoms with van der Waals surface area (Å²) < 4.78 is 10.8. The van der Waals surface area contributed by atoms with E-state index in [0.29, 0.717) is 12.6 Å². The number of piperidine rings is 1. The summed E-state index contributed by atoms with van der Waals surface area (Å²) in [6.07, 6.45) is 2.54. The molecule has 1 fully saturated rings. The van der Waals surface area contributed by atoms with Gasteiger partial charge in [-0.05, 0) is 43.4 Å². The molecule has 4 nitrogen and oxygen atoms in total. The second-order valence-corrected chi connectivity index (χ2v) is 6.13. The van der Waals surface area contributed by atoms with E-state index in [4.69, 9.17) is 15.2 Å². The van der Waals surface area contributed by atoms with Crippen molar-refractivity contribution in [1.29, 1.82) is 0 Å². The van der Waals surface area contributed by atoms with Gasteiger partial charge in [-0.2, -0.15) is 0 Å². The summed E-state index contributed by atoms with van der Waals surface area (Å²) in [4.78, 5) is 2.53. The van der Waals surface area contributed by atoms with Crippen molar-refractivity contribution in [1.82, 2.24) is 4.90 Å². The third-order valence-electron chi connectivity index (χ3n) is 4.55. The Bertz CT molecular complexity index is 442. The monoisotopic (exact) mass is 292 g/mol. The van der Waals surface area contributed by atoms with Gasteiger partial charge in [0.25, 0.3) is 0 Å². The van der Waals surface area contributed by atoms with Gasteiger partial charge < -0.3 is 15.2 Å². The summed E-state index contributed by atoms with van der Waals surface area (Å²) in [6.45, 7) is 6.32. The first-order valence-corrected chi connectivity index (χ1v) is 7.77. The number of hydrogen-bond acceptors (Lipinski definition) is 4. The standard InChI is InChI=1S/C17H28N2O2/c1-12-5-6-13(2)19(11-12)17(10-18)14-7-15(20-3)9-16(8-14)21-4/h7-9,12-13,17H,5-6,10-11,18H2,1-4H3. The van der Waals surface area contributed by atoms with Gasteiger partial charge in [-0.15, -0.1) is 0 Å². The van der Waals surface area contributed by atoms with Crippen molar-refractivity contribution < 1.29 is 9.47 Å². The van der Waals surface area contributed by atoms with Crippen molar-refractivity contribution in [2.24, 2.45) is 11.7 Å². The molecular weight excluding hydrogens is 264 g/mol. The molecule has 0 spiro atoms. The van der Waals surface area contributed by atoms with Crippen LogP contribution in [-0.2, 0) is 0 Å². The quantitative estimate of drug-likeness (QED) is 0.906. The molecule has 0 radical (unpaired) electrons. The molecule has 118 valence electrons. The Morgan fingerprint density at radius 3 is 2.29 bits per heavy atom. The first-order valence-electron chi connectivity index (χ1n) is 7.77. The van der Waals surface area contributed by atoms with Crippen LogP contribution >= 0.6 is 0 Å². The van der Waals surface area contributed by atoms with Crippen LogP contribution in [-0.4, -0.2) is 38.3 Å². The Morgan fingerprint density at radius 2 is 1.76 bits per heavy atom. The number of ether oxygens (including phenoxy) is 2. The first-order chi connectivity index (χ1) is 10.1. The zero-order valence-corrected chi connectivity index (χ0v) is 13.6. The molecule has 3 unspecified atom stereocenters. The number of rotatable bonds is 5. The average molecular weight is 292 g/mol. The van der Waals surface area contributed by atoms with E-state index in [1.54, 1.807) is 14.2 Å². The Balaban J connectivity index is 2.31. The molecule has 1 aliphatic heterocycles. The van der Waals surface area contributed by atoms with Crippen molar-refractivity contribution in [3.8, 4) is 11.5 Å². The highest BCUT2D eigenvalue weighted by Gasteiger charge is 2.29. The third-order valence-corrected chi connectivity index (χ3v) is 4.55. The number of nitrogens with zero attached hydrogens (tertiary/aromatic N) is 1. The molecular formula is C17H28N2O2. The lowest BCUT2D eigenvalue weighted by molar-refractivity contribution is 0.0796. The molecule has 0 aromatic heterocycles. The summed E-state index contributed by atoms with van der Waals surface area (Å²) in [7, 11) is 3.36. The van der Waals surface area contributed by atoms with Crippen molar-refractivity contribution in [3.63, 3.8) is 0 Å². The van der Waals surface area contributed by atoms with Crippen LogP contribution in [0.3, 0.4) is 0 Å². The minimum atomic E-state index is 0.215. The molecule has 1 aliphatic rings. The van der Waals surface area contributed by atoms with Crippen LogP contribution in [0.2, 0.25) is 0 Å². The van der Waals surface area contributed by atoms with E-state index >= 15 is 0 Å². The van der Waals surface area contributed by atoms with Gasteiger partial charge in [0, 0.05) is 31.2 Å². The summed E-state index contributed by atoms with van der Waals surface area (Å²) in [6, 6.07) is 6.83. The second-order valence-electron chi connectivity index (χ2n) is 6.13. The highest BCUT2D eigenvalue weighted by molar-refractivity contribution is 5.40. The Hall–Kier alpha value is -1.26. The largest absolute Gasteiger partial charge is 0.497 e. The topological polar surface area (TPSA) is 47.7 Å². The maximum absolute atomic E-state index is 6.10. The van der Waals surface area contributed by atoms with Crippen molar-refractivity contribution in [3.05, 3.63) is 23.8 Å². The lowest BCUT2D eigenvalue weighted by Gasteiger charge is -2.42. The van der Waals surface area contributed by atoms with Gasteiger partial charge in [-0.25, -0.2) is 0 Å². The number of nitrogens with two attached hydrogens (primary N) is 1. The van der Waals surface area contributed by atoms with Crippen LogP contribution in [0.1, 0.15) is 38.3 Å². The molecule has 1 aromatic carbocycles. The van der Waals surface area contributed by atoms with Crippen molar-refractivity contribution in [2.75, 3.05) is 27.3 Å². The smallest absolute Gasteiger partial charge is 0.122 e. The average Bonchev–Trinajstić information content (AvgIpc) is 2.51. The van der Waals surface area contributed by atoms with Crippen LogP contribution in [0, 0.1) is 5.92 Å². The highest BCUT2D eigenvalue weighted by Crippen LogP contribution is 2.33. The molecule has 4 heteroatoms. The lowest BCUT2D eigenvalue weighted by Crippen LogP contribution is -2.45. The third kappa shape index (κ3) is 3.69. The fourth-order valence-electron chi connectivity index (χ4n) is 3.24. The molecule has 1 saturated heterocycles. The molecule has 3 atom stereocenters. The van der Waals surface area contributed by atoms with E-state index in [1.165, 1.54) is 18.4 Å². The number of hydrogen-bond donors (Lipinski definition) is 1. The van der Waals surface area contributed by atoms with Gasteiger partial charge >= 0.3 is 0 Å².